The number of amides is 2. The molecule has 0 fully saturated rings. The summed E-state index contributed by atoms with van der Waals surface area (Å²) >= 11 is 0. The average molecular weight is 572 g/mol. The number of halogens is 1. The van der Waals surface area contributed by atoms with Crippen LogP contribution in [0.15, 0.2) is 77.7 Å². The highest BCUT2D eigenvalue weighted by atomic mass is 32.2. The zero-order chi connectivity index (χ0) is 29.4. The Morgan fingerprint density at radius 2 is 1.52 bits per heavy atom. The molecule has 40 heavy (non-hydrogen) atoms. The fourth-order valence-electron chi connectivity index (χ4n) is 4.00. The number of anilines is 1. The first kappa shape index (κ1) is 30.4. The van der Waals surface area contributed by atoms with Crippen molar-refractivity contribution in [3.8, 4) is 11.5 Å². The molecule has 9 nitrogen and oxygen atoms in total. The number of sulfonamides is 1. The van der Waals surface area contributed by atoms with E-state index in [0.29, 0.717) is 11.3 Å². The molecule has 1 N–H and O–H groups in total. The van der Waals surface area contributed by atoms with E-state index in [-0.39, 0.29) is 28.9 Å². The van der Waals surface area contributed by atoms with Gasteiger partial charge < -0.3 is 19.7 Å². The van der Waals surface area contributed by atoms with Gasteiger partial charge in [-0.05, 0) is 62.7 Å². The van der Waals surface area contributed by atoms with Crippen molar-refractivity contribution in [3.63, 3.8) is 0 Å². The molecule has 0 radical (unpaired) electrons. The number of benzene rings is 3. The molecule has 3 rings (SSSR count). The summed E-state index contributed by atoms with van der Waals surface area (Å²) in [7, 11) is -1.36. The fourth-order valence-corrected chi connectivity index (χ4v) is 5.43. The van der Waals surface area contributed by atoms with E-state index >= 15 is 0 Å². The first-order valence-corrected chi connectivity index (χ1v) is 14.1. The Hall–Kier alpha value is -4.12. The Morgan fingerprint density at radius 3 is 2.10 bits per heavy atom. The van der Waals surface area contributed by atoms with Crippen molar-refractivity contribution in [2.45, 2.75) is 44.3 Å². The highest BCUT2D eigenvalue weighted by Gasteiger charge is 2.33. The first-order valence-electron chi connectivity index (χ1n) is 12.6. The maximum absolute atomic E-state index is 13.9. The molecular formula is C29H34FN3O6S. The number of carbonyl (C=O) groups is 2. The van der Waals surface area contributed by atoms with Gasteiger partial charge in [-0.1, -0.05) is 30.3 Å². The summed E-state index contributed by atoms with van der Waals surface area (Å²) in [5.74, 6) is -0.833. The van der Waals surface area contributed by atoms with Crippen molar-refractivity contribution in [1.29, 1.82) is 0 Å². The van der Waals surface area contributed by atoms with Crippen LogP contribution >= 0.6 is 0 Å². The van der Waals surface area contributed by atoms with E-state index in [1.807, 2.05) is 0 Å². The van der Waals surface area contributed by atoms with Gasteiger partial charge in [0.2, 0.25) is 11.8 Å². The van der Waals surface area contributed by atoms with Gasteiger partial charge in [0.1, 0.15) is 18.4 Å². The quantitative estimate of drug-likeness (QED) is 0.353. The largest absolute Gasteiger partial charge is 0.493 e. The van der Waals surface area contributed by atoms with Crippen molar-refractivity contribution >= 4 is 27.5 Å². The number of nitrogens with one attached hydrogen (secondary N) is 1. The third-order valence-corrected chi connectivity index (χ3v) is 7.92. The zero-order valence-electron chi connectivity index (χ0n) is 23.1. The molecule has 0 aliphatic heterocycles. The van der Waals surface area contributed by atoms with E-state index in [0.717, 1.165) is 4.31 Å². The molecule has 0 saturated heterocycles. The van der Waals surface area contributed by atoms with Crippen LogP contribution in [0.3, 0.4) is 0 Å². The van der Waals surface area contributed by atoms with Gasteiger partial charge in [-0.25, -0.2) is 12.8 Å². The fraction of sp³-hybridized carbons (Fsp3) is 0.310. The molecule has 0 bridgehead atoms. The summed E-state index contributed by atoms with van der Waals surface area (Å²) in [6.45, 7) is 4.49. The van der Waals surface area contributed by atoms with Crippen molar-refractivity contribution < 1.29 is 31.9 Å². The Bertz CT molecular complexity index is 1420. The van der Waals surface area contributed by atoms with Gasteiger partial charge in [0.15, 0.2) is 11.5 Å². The monoisotopic (exact) mass is 571 g/mol. The van der Waals surface area contributed by atoms with E-state index in [9.17, 15) is 22.4 Å². The lowest BCUT2D eigenvalue weighted by atomic mass is 10.1. The van der Waals surface area contributed by atoms with Gasteiger partial charge in [0.05, 0.1) is 24.8 Å². The standard InChI is InChI=1S/C29H34FN3O6S/c1-20(2)31-29(35)21(3)32(18-22-11-13-23(30)14-12-22)28(34)19-33(40(36,37)25-9-7-6-8-10-25)24-15-16-26(38-4)27(17-24)39-5/h6-17,20-21H,18-19H2,1-5H3,(H,31,35)/t21-/m0/s1. The molecular weight excluding hydrogens is 537 g/mol. The second-order valence-electron chi connectivity index (χ2n) is 9.35. The van der Waals surface area contributed by atoms with Crippen LogP contribution in [-0.4, -0.2) is 58.0 Å². The van der Waals surface area contributed by atoms with Gasteiger partial charge in [0, 0.05) is 18.7 Å². The molecule has 0 heterocycles. The summed E-state index contributed by atoms with van der Waals surface area (Å²) in [6.07, 6.45) is 0. The number of hydrogen-bond acceptors (Lipinski definition) is 6. The number of nitrogens with zero attached hydrogens (tertiary/aromatic N) is 2. The molecule has 3 aromatic rings. The van der Waals surface area contributed by atoms with Crippen LogP contribution < -0.4 is 19.1 Å². The van der Waals surface area contributed by atoms with Gasteiger partial charge in [-0.3, -0.25) is 13.9 Å². The normalized spacial score (nSPS) is 12.0. The third-order valence-electron chi connectivity index (χ3n) is 6.13. The third kappa shape index (κ3) is 7.29. The Labute approximate surface area is 234 Å². The smallest absolute Gasteiger partial charge is 0.264 e. The minimum absolute atomic E-state index is 0.0201. The molecule has 3 aromatic carbocycles. The van der Waals surface area contributed by atoms with E-state index < -0.39 is 40.2 Å². The number of ether oxygens (including phenoxy) is 2. The summed E-state index contributed by atoms with van der Waals surface area (Å²) in [5, 5.41) is 2.79. The molecule has 2 amide bonds. The maximum atomic E-state index is 13.9. The highest BCUT2D eigenvalue weighted by molar-refractivity contribution is 7.92. The molecule has 0 unspecified atom stereocenters. The topological polar surface area (TPSA) is 105 Å². The number of carbonyl (C=O) groups excluding carboxylic acids is 2. The molecule has 214 valence electrons. The highest BCUT2D eigenvalue weighted by Crippen LogP contribution is 2.34. The van der Waals surface area contributed by atoms with Crippen LogP contribution in [0.4, 0.5) is 10.1 Å². The van der Waals surface area contributed by atoms with Crippen LogP contribution in [-0.2, 0) is 26.2 Å². The molecule has 0 saturated carbocycles. The second kappa shape index (κ2) is 13.3. The van der Waals surface area contributed by atoms with Crippen LogP contribution in [0.1, 0.15) is 26.3 Å². The van der Waals surface area contributed by atoms with Gasteiger partial charge in [-0.15, -0.1) is 0 Å². The Balaban J connectivity index is 2.07. The van der Waals surface area contributed by atoms with E-state index in [1.54, 1.807) is 45.0 Å². The first-order chi connectivity index (χ1) is 19.0. The van der Waals surface area contributed by atoms with Crippen LogP contribution in [0.25, 0.3) is 0 Å². The molecule has 0 spiro atoms. The molecule has 1 atom stereocenters. The molecule has 11 heteroatoms. The molecule has 0 aliphatic carbocycles. The van der Waals surface area contributed by atoms with Crippen molar-refractivity contribution in [2.24, 2.45) is 0 Å². The predicted molar refractivity (Wildman–Crippen MR) is 150 cm³/mol. The Morgan fingerprint density at radius 1 is 0.900 bits per heavy atom. The minimum Gasteiger partial charge on any atom is -0.493 e. The Kier molecular flexibility index (Phi) is 10.1. The van der Waals surface area contributed by atoms with Gasteiger partial charge >= 0.3 is 0 Å². The maximum Gasteiger partial charge on any atom is 0.264 e. The summed E-state index contributed by atoms with van der Waals surface area (Å²) in [6, 6.07) is 16.6. The summed E-state index contributed by atoms with van der Waals surface area (Å²) < 4.78 is 52.9. The number of hydrogen-bond donors (Lipinski definition) is 1. The van der Waals surface area contributed by atoms with Crippen LogP contribution in [0.5, 0.6) is 11.5 Å². The minimum atomic E-state index is -4.23. The lowest BCUT2D eigenvalue weighted by molar-refractivity contribution is -0.139. The average Bonchev–Trinajstić information content (AvgIpc) is 2.94. The van der Waals surface area contributed by atoms with Gasteiger partial charge in [0.25, 0.3) is 10.0 Å². The zero-order valence-corrected chi connectivity index (χ0v) is 23.9. The van der Waals surface area contributed by atoms with Crippen molar-refractivity contribution in [1.82, 2.24) is 10.2 Å². The van der Waals surface area contributed by atoms with E-state index in [1.165, 1.54) is 67.7 Å². The van der Waals surface area contributed by atoms with E-state index in [2.05, 4.69) is 5.32 Å². The summed E-state index contributed by atoms with van der Waals surface area (Å²) in [4.78, 5) is 28.1. The van der Waals surface area contributed by atoms with Crippen LogP contribution in [0, 0.1) is 5.82 Å². The lowest BCUT2D eigenvalue weighted by Crippen LogP contribution is -2.52. The summed E-state index contributed by atoms with van der Waals surface area (Å²) in [5.41, 5.74) is 0.735. The SMILES string of the molecule is COc1ccc(N(CC(=O)N(Cc2ccc(F)cc2)[C@@H](C)C(=O)NC(C)C)S(=O)(=O)c2ccccc2)cc1OC. The van der Waals surface area contributed by atoms with Crippen molar-refractivity contribution in [2.75, 3.05) is 25.1 Å². The lowest BCUT2D eigenvalue weighted by Gasteiger charge is -2.32. The number of methoxy groups -OCH3 is 2. The molecule has 0 aliphatic rings. The predicted octanol–water partition coefficient (Wildman–Crippen LogP) is 3.98. The molecule has 0 aromatic heterocycles. The number of rotatable bonds is 12. The van der Waals surface area contributed by atoms with Gasteiger partial charge in [-0.2, -0.15) is 0 Å². The van der Waals surface area contributed by atoms with Crippen LogP contribution in [0.2, 0.25) is 0 Å². The van der Waals surface area contributed by atoms with E-state index in [4.69, 9.17) is 9.47 Å². The second-order valence-corrected chi connectivity index (χ2v) is 11.2. The van der Waals surface area contributed by atoms with Crippen molar-refractivity contribution in [3.05, 3.63) is 84.2 Å².